The number of aromatic nitrogens is 3. The number of esters is 1. The van der Waals surface area contributed by atoms with Gasteiger partial charge >= 0.3 is 19.4 Å². The van der Waals surface area contributed by atoms with E-state index in [0.29, 0.717) is 11.1 Å². The second-order valence-corrected chi connectivity index (χ2v) is 12.2. The summed E-state index contributed by atoms with van der Waals surface area (Å²) >= 11 is 1.25. The summed E-state index contributed by atoms with van der Waals surface area (Å²) in [6, 6.07) is 11.7. The molecule has 1 fully saturated rings. The highest BCUT2D eigenvalue weighted by Gasteiger charge is 2.40. The Balaban J connectivity index is 1.58. The van der Waals surface area contributed by atoms with Crippen LogP contribution < -0.4 is 21.0 Å². The number of rotatable bonds is 10. The smallest absolute Gasteiger partial charge is 0.459 e. The van der Waals surface area contributed by atoms with E-state index in [1.165, 1.54) is 29.8 Å². The Bertz CT molecular complexity index is 1400. The predicted octanol–water partition coefficient (Wildman–Crippen LogP) is 2.73. The molecule has 1 aromatic heterocycles. The summed E-state index contributed by atoms with van der Waals surface area (Å²) in [6.45, 7) is 3.34. The fourth-order valence-electron chi connectivity index (χ4n) is 4.03. The lowest BCUT2D eigenvalue weighted by Crippen LogP contribution is -2.41. The zero-order chi connectivity index (χ0) is 27.4. The van der Waals surface area contributed by atoms with Crippen LogP contribution in [0.3, 0.4) is 0 Å². The van der Waals surface area contributed by atoms with Gasteiger partial charge in [0.25, 0.3) is 0 Å². The van der Waals surface area contributed by atoms with E-state index in [4.69, 9.17) is 19.5 Å². The maximum Gasteiger partial charge on any atom is 0.459 e. The quantitative estimate of drug-likeness (QED) is 0.244. The molecule has 0 bridgehead atoms. The van der Waals surface area contributed by atoms with Crippen LogP contribution in [0.5, 0.6) is 5.75 Å². The van der Waals surface area contributed by atoms with Crippen molar-refractivity contribution < 1.29 is 28.3 Å². The number of fused-ring (bicyclic) bond motifs is 1. The first-order valence-corrected chi connectivity index (χ1v) is 14.4. The number of aliphatic hydroxyl groups is 1. The van der Waals surface area contributed by atoms with Gasteiger partial charge in [0.05, 0.1) is 30.4 Å². The van der Waals surface area contributed by atoms with Crippen molar-refractivity contribution >= 4 is 42.2 Å². The zero-order valence-corrected chi connectivity index (χ0v) is 22.8. The first-order valence-electron chi connectivity index (χ1n) is 11.9. The van der Waals surface area contributed by atoms with Crippen molar-refractivity contribution in [2.45, 2.75) is 43.0 Å². The van der Waals surface area contributed by atoms with Crippen molar-refractivity contribution in [3.05, 3.63) is 59.3 Å². The van der Waals surface area contributed by atoms with E-state index in [1.807, 2.05) is 30.3 Å². The molecule has 2 aromatic carbocycles. The SMILES string of the molecule is COC(=O)[C@@H](NP(=O)(OC[C@H]1S[C@@H](n2cnc(N)nc2=O)CC1O)Oc1cccc2ccccc12)C(C)C. The number of carbonyl (C=O) groups excluding carboxylic acids is 1. The van der Waals surface area contributed by atoms with Crippen LogP contribution in [0.1, 0.15) is 25.6 Å². The third-order valence-corrected chi connectivity index (χ3v) is 9.11. The highest BCUT2D eigenvalue weighted by Crippen LogP contribution is 2.49. The van der Waals surface area contributed by atoms with Gasteiger partial charge in [0.1, 0.15) is 18.1 Å². The minimum atomic E-state index is -4.19. The second-order valence-electron chi connectivity index (χ2n) is 9.07. The summed E-state index contributed by atoms with van der Waals surface area (Å²) in [5, 5.41) is 14.0. The third kappa shape index (κ3) is 6.36. The molecule has 5 atom stereocenters. The normalized spacial score (nSPS) is 21.8. The molecule has 2 unspecified atom stereocenters. The number of nitrogens with zero attached hydrogens (tertiary/aromatic N) is 3. The molecule has 0 radical (unpaired) electrons. The number of benzene rings is 2. The summed E-state index contributed by atoms with van der Waals surface area (Å²) in [5.41, 5.74) is 4.88. The van der Waals surface area contributed by atoms with Crippen molar-refractivity contribution in [3.63, 3.8) is 0 Å². The maximum atomic E-state index is 14.1. The Morgan fingerprint density at radius 1 is 1.29 bits per heavy atom. The number of ether oxygens (including phenoxy) is 1. The molecule has 14 heteroatoms. The van der Waals surface area contributed by atoms with Crippen LogP contribution in [0.25, 0.3) is 10.8 Å². The first-order chi connectivity index (χ1) is 18.1. The molecule has 38 heavy (non-hydrogen) atoms. The highest BCUT2D eigenvalue weighted by atomic mass is 32.2. The van der Waals surface area contributed by atoms with Gasteiger partial charge in [0, 0.05) is 11.8 Å². The Morgan fingerprint density at radius 3 is 2.74 bits per heavy atom. The topological polar surface area (TPSA) is 168 Å². The van der Waals surface area contributed by atoms with Gasteiger partial charge in [-0.3, -0.25) is 13.9 Å². The Labute approximate surface area is 223 Å². The lowest BCUT2D eigenvalue weighted by atomic mass is 10.1. The van der Waals surface area contributed by atoms with Crippen LogP contribution in [0, 0.1) is 5.92 Å². The van der Waals surface area contributed by atoms with Crippen molar-refractivity contribution in [1.82, 2.24) is 19.6 Å². The minimum Gasteiger partial charge on any atom is -0.468 e. The van der Waals surface area contributed by atoms with Crippen molar-refractivity contribution in [2.24, 2.45) is 5.92 Å². The van der Waals surface area contributed by atoms with Gasteiger partial charge in [-0.15, -0.1) is 11.8 Å². The van der Waals surface area contributed by atoms with Crippen LogP contribution in [-0.2, 0) is 18.6 Å². The molecule has 1 saturated heterocycles. The molecule has 0 aliphatic carbocycles. The lowest BCUT2D eigenvalue weighted by molar-refractivity contribution is -0.143. The van der Waals surface area contributed by atoms with Crippen LogP contribution in [0.2, 0.25) is 0 Å². The van der Waals surface area contributed by atoms with Crippen molar-refractivity contribution in [3.8, 4) is 5.75 Å². The van der Waals surface area contributed by atoms with Crippen molar-refractivity contribution in [1.29, 1.82) is 0 Å². The molecule has 1 aliphatic rings. The van der Waals surface area contributed by atoms with Crippen LogP contribution in [-0.4, -0.2) is 56.7 Å². The molecule has 2 heterocycles. The monoisotopic (exact) mass is 563 g/mol. The minimum absolute atomic E-state index is 0.141. The molecule has 204 valence electrons. The van der Waals surface area contributed by atoms with Gasteiger partial charge in [0.2, 0.25) is 5.95 Å². The summed E-state index contributed by atoms with van der Waals surface area (Å²) < 4.78 is 32.1. The maximum absolute atomic E-state index is 14.1. The van der Waals surface area contributed by atoms with E-state index in [2.05, 4.69) is 15.1 Å². The van der Waals surface area contributed by atoms with Crippen molar-refractivity contribution in [2.75, 3.05) is 19.5 Å². The summed E-state index contributed by atoms with van der Waals surface area (Å²) in [6.07, 6.45) is 0.602. The van der Waals surface area contributed by atoms with E-state index < -0.39 is 42.2 Å². The van der Waals surface area contributed by atoms with Crippen LogP contribution in [0.15, 0.2) is 53.6 Å². The fraction of sp³-hybridized carbons (Fsp3) is 0.417. The molecular weight excluding hydrogens is 533 g/mol. The average Bonchev–Trinajstić information content (AvgIpc) is 3.26. The Hall–Kier alpha value is -2.96. The molecule has 12 nitrogen and oxygen atoms in total. The average molecular weight is 564 g/mol. The molecule has 3 aromatic rings. The third-order valence-electron chi connectivity index (χ3n) is 6.06. The number of carbonyl (C=O) groups is 1. The summed E-state index contributed by atoms with van der Waals surface area (Å²) in [4.78, 5) is 32.2. The van der Waals surface area contributed by atoms with Gasteiger partial charge in [-0.25, -0.2) is 14.3 Å². The fourth-order valence-corrected chi connectivity index (χ4v) is 7.25. The first kappa shape index (κ1) is 28.1. The van der Waals surface area contributed by atoms with E-state index in [0.717, 1.165) is 5.39 Å². The molecule has 4 rings (SSSR count). The van der Waals surface area contributed by atoms with E-state index in [1.54, 1.807) is 26.0 Å². The van der Waals surface area contributed by atoms with Gasteiger partial charge in [-0.05, 0) is 17.4 Å². The predicted molar refractivity (Wildman–Crippen MR) is 144 cm³/mol. The molecule has 0 saturated carbocycles. The number of hydrogen-bond donors (Lipinski definition) is 3. The number of aliphatic hydroxyl groups excluding tert-OH is 1. The Kier molecular flexibility index (Phi) is 8.74. The largest absolute Gasteiger partial charge is 0.468 e. The summed E-state index contributed by atoms with van der Waals surface area (Å²) in [7, 11) is -2.95. The number of nitrogen functional groups attached to an aromatic ring is 1. The molecule has 0 spiro atoms. The number of anilines is 1. The Morgan fingerprint density at radius 2 is 2.03 bits per heavy atom. The van der Waals surface area contributed by atoms with Gasteiger partial charge < -0.3 is 20.1 Å². The lowest BCUT2D eigenvalue weighted by Gasteiger charge is -2.27. The number of hydrogen-bond acceptors (Lipinski definition) is 11. The van der Waals surface area contributed by atoms with E-state index in [9.17, 15) is 19.3 Å². The van der Waals surface area contributed by atoms with Crippen LogP contribution >= 0.6 is 19.5 Å². The van der Waals surface area contributed by atoms with Gasteiger partial charge in [-0.1, -0.05) is 50.2 Å². The molecular formula is C24H30N5O7PS. The van der Waals surface area contributed by atoms with E-state index >= 15 is 0 Å². The number of methoxy groups -OCH3 is 1. The number of nitrogens with two attached hydrogens (primary N) is 1. The zero-order valence-electron chi connectivity index (χ0n) is 21.1. The second kappa shape index (κ2) is 11.8. The van der Waals surface area contributed by atoms with E-state index in [-0.39, 0.29) is 24.9 Å². The molecule has 0 amide bonds. The standard InChI is InChI=1S/C24H30N5O7PS/c1-14(2)21(22(31)34-3)28-37(33,36-18-10-6-8-15-7-4-5-9-16(15)18)35-12-19-17(30)11-20(38-19)29-13-26-23(25)27-24(29)32/h4-10,13-14,17,19-21,30H,11-12H2,1-3H3,(H,28,33)(H2,25,27,32)/t17?,19-,20-,21+,37?/m1/s1. The molecule has 1 aliphatic heterocycles. The summed E-state index contributed by atoms with van der Waals surface area (Å²) in [5.74, 6) is -0.765. The molecule has 4 N–H and O–H groups in total. The van der Waals surface area contributed by atoms with Gasteiger partial charge in [0.15, 0.2) is 0 Å². The number of thioether (sulfide) groups is 1. The van der Waals surface area contributed by atoms with Gasteiger partial charge in [-0.2, -0.15) is 10.1 Å². The van der Waals surface area contributed by atoms with Crippen LogP contribution in [0.4, 0.5) is 5.95 Å². The highest BCUT2D eigenvalue weighted by molar-refractivity contribution is 8.00. The number of nitrogens with one attached hydrogen (secondary N) is 1.